The molecule has 22 heavy (non-hydrogen) atoms. The van der Waals surface area contributed by atoms with Crippen LogP contribution in [-0.4, -0.2) is 16.0 Å². The number of rotatable bonds is 5. The standard InChI is InChI=1S/C15H10FNO4S/c16-11-3-1-10(2-4-11)9-14(15(18)19)22-13-7-5-12(6-8-13)17(20)21/h1-9H,(H,18,19)/b14-9+. The van der Waals surface area contributed by atoms with Crippen molar-refractivity contribution in [3.8, 4) is 0 Å². The van der Waals surface area contributed by atoms with Crippen molar-refractivity contribution in [3.63, 3.8) is 0 Å². The van der Waals surface area contributed by atoms with Crippen molar-refractivity contribution < 1.29 is 19.2 Å². The number of non-ortho nitro benzene ring substituents is 1. The summed E-state index contributed by atoms with van der Waals surface area (Å²) in [6.45, 7) is 0. The number of carboxylic acid groups (broad SMARTS) is 1. The lowest BCUT2D eigenvalue weighted by atomic mass is 10.2. The number of nitro benzene ring substituents is 1. The number of hydrogen-bond donors (Lipinski definition) is 1. The number of thioether (sulfide) groups is 1. The summed E-state index contributed by atoms with van der Waals surface area (Å²) in [7, 11) is 0. The highest BCUT2D eigenvalue weighted by Crippen LogP contribution is 2.29. The van der Waals surface area contributed by atoms with Gasteiger partial charge < -0.3 is 5.11 Å². The molecule has 0 spiro atoms. The zero-order chi connectivity index (χ0) is 16.1. The van der Waals surface area contributed by atoms with E-state index in [2.05, 4.69) is 0 Å². The first-order chi connectivity index (χ1) is 10.5. The Morgan fingerprint density at radius 3 is 2.23 bits per heavy atom. The van der Waals surface area contributed by atoms with Gasteiger partial charge in [-0.05, 0) is 35.9 Å². The van der Waals surface area contributed by atoms with Gasteiger partial charge in [-0.25, -0.2) is 9.18 Å². The van der Waals surface area contributed by atoms with Crippen LogP contribution in [-0.2, 0) is 4.79 Å². The number of nitrogens with zero attached hydrogens (tertiary/aromatic N) is 1. The van der Waals surface area contributed by atoms with Crippen LogP contribution in [0, 0.1) is 15.9 Å². The normalized spacial score (nSPS) is 11.2. The van der Waals surface area contributed by atoms with E-state index >= 15 is 0 Å². The highest BCUT2D eigenvalue weighted by atomic mass is 32.2. The molecule has 0 unspecified atom stereocenters. The fourth-order valence-electron chi connectivity index (χ4n) is 1.61. The lowest BCUT2D eigenvalue weighted by Gasteiger charge is -2.03. The van der Waals surface area contributed by atoms with Gasteiger partial charge in [-0.1, -0.05) is 23.9 Å². The molecule has 5 nitrogen and oxygen atoms in total. The first-order valence-electron chi connectivity index (χ1n) is 6.08. The van der Waals surface area contributed by atoms with Crippen molar-refractivity contribution in [2.45, 2.75) is 4.90 Å². The Balaban J connectivity index is 2.23. The Labute approximate surface area is 129 Å². The molecular formula is C15H10FNO4S. The maximum Gasteiger partial charge on any atom is 0.342 e. The summed E-state index contributed by atoms with van der Waals surface area (Å²) in [4.78, 5) is 21.9. The van der Waals surface area contributed by atoms with E-state index in [0.717, 1.165) is 11.8 Å². The van der Waals surface area contributed by atoms with E-state index in [-0.39, 0.29) is 10.6 Å². The van der Waals surface area contributed by atoms with Gasteiger partial charge in [0.2, 0.25) is 0 Å². The molecule has 2 aromatic rings. The molecule has 2 rings (SSSR count). The second-order valence-corrected chi connectivity index (χ2v) is 5.33. The Morgan fingerprint density at radius 1 is 1.14 bits per heavy atom. The maximum atomic E-state index is 12.8. The average Bonchev–Trinajstić information content (AvgIpc) is 2.49. The summed E-state index contributed by atoms with van der Waals surface area (Å²) < 4.78 is 12.8. The third kappa shape index (κ3) is 4.16. The van der Waals surface area contributed by atoms with Crippen LogP contribution in [0.1, 0.15) is 5.56 Å². The van der Waals surface area contributed by atoms with Crippen LogP contribution in [0.15, 0.2) is 58.3 Å². The Morgan fingerprint density at radius 2 is 1.73 bits per heavy atom. The SMILES string of the molecule is O=C(O)/C(=C\c1ccc(F)cc1)Sc1ccc([N+](=O)[O-])cc1. The quantitative estimate of drug-likeness (QED) is 0.390. The van der Waals surface area contributed by atoms with E-state index in [9.17, 15) is 24.4 Å². The molecule has 0 saturated carbocycles. The van der Waals surface area contributed by atoms with E-state index in [0.29, 0.717) is 10.5 Å². The molecule has 1 N–H and O–H groups in total. The highest BCUT2D eigenvalue weighted by molar-refractivity contribution is 8.04. The minimum atomic E-state index is -1.13. The number of carbonyl (C=O) groups is 1. The molecule has 0 amide bonds. The first kappa shape index (κ1) is 15.7. The molecule has 112 valence electrons. The molecule has 7 heteroatoms. The molecule has 2 aromatic carbocycles. The first-order valence-corrected chi connectivity index (χ1v) is 6.90. The molecule has 0 atom stereocenters. The van der Waals surface area contributed by atoms with Gasteiger partial charge in [-0.3, -0.25) is 10.1 Å². The van der Waals surface area contributed by atoms with Gasteiger partial charge in [0.1, 0.15) is 5.82 Å². The number of carboxylic acids is 1. The van der Waals surface area contributed by atoms with E-state index in [1.54, 1.807) is 0 Å². The van der Waals surface area contributed by atoms with Gasteiger partial charge in [0.05, 0.1) is 9.83 Å². The second kappa shape index (κ2) is 6.86. The van der Waals surface area contributed by atoms with Gasteiger partial charge in [0.25, 0.3) is 5.69 Å². The zero-order valence-corrected chi connectivity index (χ0v) is 11.9. The van der Waals surface area contributed by atoms with Gasteiger partial charge in [-0.2, -0.15) is 0 Å². The van der Waals surface area contributed by atoms with Crippen LogP contribution in [0.25, 0.3) is 6.08 Å². The lowest BCUT2D eigenvalue weighted by molar-refractivity contribution is -0.384. The van der Waals surface area contributed by atoms with Crippen molar-refractivity contribution in [2.75, 3.05) is 0 Å². The maximum absolute atomic E-state index is 12.8. The summed E-state index contributed by atoms with van der Waals surface area (Å²) in [5, 5.41) is 19.8. The second-order valence-electron chi connectivity index (χ2n) is 4.22. The fraction of sp³-hybridized carbons (Fsp3) is 0. The van der Waals surface area contributed by atoms with Crippen molar-refractivity contribution in [2.24, 2.45) is 0 Å². The molecule has 0 aliphatic carbocycles. The minimum Gasteiger partial charge on any atom is -0.477 e. The zero-order valence-electron chi connectivity index (χ0n) is 11.1. The predicted octanol–water partition coefficient (Wildman–Crippen LogP) is 3.95. The largest absolute Gasteiger partial charge is 0.477 e. The van der Waals surface area contributed by atoms with E-state index in [1.807, 2.05) is 0 Å². The minimum absolute atomic E-state index is 0.0282. The van der Waals surface area contributed by atoms with Crippen LogP contribution < -0.4 is 0 Å². The molecule has 0 aliphatic heterocycles. The van der Waals surface area contributed by atoms with E-state index < -0.39 is 16.7 Å². The van der Waals surface area contributed by atoms with Crippen molar-refractivity contribution in [1.29, 1.82) is 0 Å². The Bertz CT molecular complexity index is 726. The van der Waals surface area contributed by atoms with E-state index in [4.69, 9.17) is 0 Å². The monoisotopic (exact) mass is 319 g/mol. The van der Waals surface area contributed by atoms with Crippen LogP contribution in [0.4, 0.5) is 10.1 Å². The van der Waals surface area contributed by atoms with Crippen molar-refractivity contribution in [1.82, 2.24) is 0 Å². The van der Waals surface area contributed by atoms with Crippen LogP contribution in [0.3, 0.4) is 0 Å². The molecule has 0 fully saturated rings. The molecule has 0 aliphatic rings. The number of aliphatic carboxylic acids is 1. The number of benzene rings is 2. The fourth-order valence-corrected chi connectivity index (χ4v) is 2.42. The van der Waals surface area contributed by atoms with Crippen LogP contribution in [0.2, 0.25) is 0 Å². The number of hydrogen-bond acceptors (Lipinski definition) is 4. The van der Waals surface area contributed by atoms with Gasteiger partial charge in [0.15, 0.2) is 0 Å². The molecular weight excluding hydrogens is 309 g/mol. The van der Waals surface area contributed by atoms with Crippen LogP contribution >= 0.6 is 11.8 Å². The van der Waals surface area contributed by atoms with Crippen molar-refractivity contribution >= 4 is 29.5 Å². The Hall–Kier alpha value is -2.67. The number of nitro groups is 1. The van der Waals surface area contributed by atoms with Gasteiger partial charge in [0, 0.05) is 17.0 Å². The van der Waals surface area contributed by atoms with E-state index in [1.165, 1.54) is 54.6 Å². The molecule has 0 aromatic heterocycles. The molecule has 0 saturated heterocycles. The third-order valence-electron chi connectivity index (χ3n) is 2.65. The summed E-state index contributed by atoms with van der Waals surface area (Å²) in [5.74, 6) is -1.54. The third-order valence-corrected chi connectivity index (χ3v) is 3.67. The average molecular weight is 319 g/mol. The summed E-state index contributed by atoms with van der Waals surface area (Å²) in [6, 6.07) is 11.0. The number of halogens is 1. The molecule has 0 heterocycles. The Kier molecular flexibility index (Phi) is 4.90. The van der Waals surface area contributed by atoms with Crippen LogP contribution in [0.5, 0.6) is 0 Å². The van der Waals surface area contributed by atoms with Gasteiger partial charge in [-0.15, -0.1) is 0 Å². The highest BCUT2D eigenvalue weighted by Gasteiger charge is 2.11. The molecule has 0 bridgehead atoms. The van der Waals surface area contributed by atoms with Gasteiger partial charge >= 0.3 is 5.97 Å². The van der Waals surface area contributed by atoms with Crippen molar-refractivity contribution in [3.05, 3.63) is 74.9 Å². The summed E-state index contributed by atoms with van der Waals surface area (Å²) >= 11 is 0.961. The lowest BCUT2D eigenvalue weighted by Crippen LogP contribution is -1.96. The summed E-state index contributed by atoms with van der Waals surface area (Å²) in [6.07, 6.45) is 1.41. The predicted molar refractivity (Wildman–Crippen MR) is 81.0 cm³/mol. The summed E-state index contributed by atoms with van der Waals surface area (Å²) in [5.41, 5.74) is 0.483. The smallest absolute Gasteiger partial charge is 0.342 e. The topological polar surface area (TPSA) is 80.4 Å². The molecule has 0 radical (unpaired) electrons.